The number of hydrogen-bond acceptors (Lipinski definition) is 2. The van der Waals surface area contributed by atoms with Crippen LogP contribution in [-0.4, -0.2) is 29.9 Å². The lowest BCUT2D eigenvalue weighted by Crippen LogP contribution is -2.45. The summed E-state index contributed by atoms with van der Waals surface area (Å²) in [7, 11) is 0. The average Bonchev–Trinajstić information content (AvgIpc) is 2.39. The molecule has 0 heterocycles. The monoisotopic (exact) mass is 300 g/mol. The minimum absolute atomic E-state index is 0.0466. The molecule has 0 saturated heterocycles. The van der Waals surface area contributed by atoms with E-state index in [0.29, 0.717) is 19.5 Å². The molecule has 1 amide bonds. The molecular formula is C15H19F3N2O. The number of carbonyl (C=O) groups is 1. The van der Waals surface area contributed by atoms with E-state index in [1.54, 1.807) is 4.90 Å². The van der Waals surface area contributed by atoms with E-state index >= 15 is 0 Å². The van der Waals surface area contributed by atoms with Crippen LogP contribution in [0.5, 0.6) is 0 Å². The van der Waals surface area contributed by atoms with Crippen molar-refractivity contribution in [2.75, 3.05) is 13.1 Å². The number of nitrogens with two attached hydrogens (primary N) is 1. The van der Waals surface area contributed by atoms with Gasteiger partial charge in [0.05, 0.1) is 11.1 Å². The highest BCUT2D eigenvalue weighted by molar-refractivity contribution is 5.96. The molecule has 0 aliphatic heterocycles. The molecule has 1 fully saturated rings. The Kier molecular flexibility index (Phi) is 4.88. The molecule has 1 saturated carbocycles. The minimum Gasteiger partial charge on any atom is -0.336 e. The molecule has 2 N–H and O–H groups in total. The van der Waals surface area contributed by atoms with Crippen LogP contribution in [0.1, 0.15) is 41.6 Å². The minimum atomic E-state index is -4.52. The lowest BCUT2D eigenvalue weighted by Gasteiger charge is -2.38. The predicted molar refractivity (Wildman–Crippen MR) is 73.8 cm³/mol. The number of halogens is 3. The van der Waals surface area contributed by atoms with Crippen LogP contribution < -0.4 is 5.73 Å². The van der Waals surface area contributed by atoms with Gasteiger partial charge in [0.2, 0.25) is 0 Å². The van der Waals surface area contributed by atoms with Crippen molar-refractivity contribution in [3.05, 3.63) is 35.4 Å². The predicted octanol–water partition coefficient (Wildman–Crippen LogP) is 3.05. The smallest absolute Gasteiger partial charge is 0.336 e. The molecule has 1 aromatic carbocycles. The van der Waals surface area contributed by atoms with Crippen LogP contribution in [0.3, 0.4) is 0 Å². The highest BCUT2D eigenvalue weighted by Crippen LogP contribution is 2.34. The molecule has 2 rings (SSSR count). The highest BCUT2D eigenvalue weighted by Gasteiger charge is 2.37. The Morgan fingerprint density at radius 2 is 1.95 bits per heavy atom. The zero-order valence-corrected chi connectivity index (χ0v) is 11.7. The van der Waals surface area contributed by atoms with Crippen molar-refractivity contribution >= 4 is 5.91 Å². The van der Waals surface area contributed by atoms with Crippen LogP contribution in [0, 0.1) is 0 Å². The molecule has 0 spiro atoms. The van der Waals surface area contributed by atoms with E-state index in [9.17, 15) is 18.0 Å². The third-order valence-electron chi connectivity index (χ3n) is 3.84. The zero-order valence-electron chi connectivity index (χ0n) is 11.7. The second-order valence-electron chi connectivity index (χ2n) is 5.27. The first kappa shape index (κ1) is 15.8. The van der Waals surface area contributed by atoms with Crippen LogP contribution in [0.2, 0.25) is 0 Å². The number of hydrogen-bond donors (Lipinski definition) is 1. The first-order valence-electron chi connectivity index (χ1n) is 7.12. The Labute approximate surface area is 121 Å². The first-order chi connectivity index (χ1) is 9.95. The van der Waals surface area contributed by atoms with Gasteiger partial charge in [0.1, 0.15) is 0 Å². The fourth-order valence-electron chi connectivity index (χ4n) is 2.48. The van der Waals surface area contributed by atoms with E-state index in [1.165, 1.54) is 18.2 Å². The van der Waals surface area contributed by atoms with Crippen molar-refractivity contribution in [2.24, 2.45) is 5.73 Å². The van der Waals surface area contributed by atoms with Gasteiger partial charge in [-0.05, 0) is 44.4 Å². The van der Waals surface area contributed by atoms with Crippen LogP contribution in [0.15, 0.2) is 24.3 Å². The van der Waals surface area contributed by atoms with Crippen molar-refractivity contribution in [2.45, 2.75) is 37.9 Å². The molecule has 0 unspecified atom stereocenters. The summed E-state index contributed by atoms with van der Waals surface area (Å²) in [5, 5.41) is 0. The first-order valence-corrected chi connectivity index (χ1v) is 7.12. The molecule has 21 heavy (non-hydrogen) atoms. The van der Waals surface area contributed by atoms with Gasteiger partial charge in [-0.3, -0.25) is 4.79 Å². The molecule has 0 aromatic heterocycles. The summed E-state index contributed by atoms with van der Waals surface area (Å²) < 4.78 is 39.1. The van der Waals surface area contributed by atoms with Gasteiger partial charge in [0.15, 0.2) is 0 Å². The average molecular weight is 300 g/mol. The molecule has 0 atom stereocenters. The van der Waals surface area contributed by atoms with Gasteiger partial charge >= 0.3 is 6.18 Å². The van der Waals surface area contributed by atoms with Crippen molar-refractivity contribution in [1.29, 1.82) is 0 Å². The van der Waals surface area contributed by atoms with Crippen LogP contribution in [0.25, 0.3) is 0 Å². The second-order valence-corrected chi connectivity index (χ2v) is 5.27. The molecule has 0 bridgehead atoms. The summed E-state index contributed by atoms with van der Waals surface area (Å²) in [5.41, 5.74) is 4.32. The van der Waals surface area contributed by atoms with E-state index < -0.39 is 17.6 Å². The van der Waals surface area contributed by atoms with Gasteiger partial charge in [0.25, 0.3) is 5.91 Å². The highest BCUT2D eigenvalue weighted by atomic mass is 19.4. The number of benzene rings is 1. The second kappa shape index (κ2) is 6.47. The summed E-state index contributed by atoms with van der Waals surface area (Å²) in [6.07, 6.45) is -1.21. The third-order valence-corrected chi connectivity index (χ3v) is 3.84. The molecule has 1 aliphatic carbocycles. The Morgan fingerprint density at radius 1 is 1.29 bits per heavy atom. The van der Waals surface area contributed by atoms with E-state index in [1.807, 2.05) is 0 Å². The standard InChI is InChI=1S/C15H19F3N2O/c16-15(17,18)13-8-2-1-7-12(13)14(21)20(10-4-9-19)11-5-3-6-11/h1-2,7-8,11H,3-6,9-10,19H2. The zero-order chi connectivity index (χ0) is 15.5. The number of rotatable bonds is 5. The lowest BCUT2D eigenvalue weighted by molar-refractivity contribution is -0.138. The maximum atomic E-state index is 13.0. The lowest BCUT2D eigenvalue weighted by atomic mass is 9.90. The van der Waals surface area contributed by atoms with Gasteiger partial charge in [-0.2, -0.15) is 13.2 Å². The largest absolute Gasteiger partial charge is 0.417 e. The Balaban J connectivity index is 2.28. The van der Waals surface area contributed by atoms with Crippen molar-refractivity contribution < 1.29 is 18.0 Å². The van der Waals surface area contributed by atoms with Gasteiger partial charge in [-0.1, -0.05) is 12.1 Å². The Hall–Kier alpha value is -1.56. The van der Waals surface area contributed by atoms with Gasteiger partial charge < -0.3 is 10.6 Å². The summed E-state index contributed by atoms with van der Waals surface area (Å²) in [6, 6.07) is 5.01. The summed E-state index contributed by atoms with van der Waals surface area (Å²) in [4.78, 5) is 14.1. The van der Waals surface area contributed by atoms with Crippen molar-refractivity contribution in [3.63, 3.8) is 0 Å². The summed E-state index contributed by atoms with van der Waals surface area (Å²) in [5.74, 6) is -0.541. The van der Waals surface area contributed by atoms with Gasteiger partial charge in [-0.25, -0.2) is 0 Å². The molecule has 6 heteroatoms. The molecule has 116 valence electrons. The number of alkyl halides is 3. The maximum Gasteiger partial charge on any atom is 0.417 e. The molecule has 3 nitrogen and oxygen atoms in total. The molecule has 1 aliphatic rings. The van der Waals surface area contributed by atoms with Crippen molar-refractivity contribution in [1.82, 2.24) is 4.90 Å². The molecule has 1 aromatic rings. The Morgan fingerprint density at radius 3 is 2.48 bits per heavy atom. The van der Waals surface area contributed by atoms with Gasteiger partial charge in [0, 0.05) is 12.6 Å². The fourth-order valence-corrected chi connectivity index (χ4v) is 2.48. The topological polar surface area (TPSA) is 46.3 Å². The normalized spacial score (nSPS) is 15.6. The quantitative estimate of drug-likeness (QED) is 0.908. The Bertz CT molecular complexity index is 498. The van der Waals surface area contributed by atoms with E-state index in [-0.39, 0.29) is 11.6 Å². The number of amides is 1. The van der Waals surface area contributed by atoms with Crippen LogP contribution in [0.4, 0.5) is 13.2 Å². The third kappa shape index (κ3) is 3.56. The molecule has 0 radical (unpaired) electrons. The summed E-state index contributed by atoms with van der Waals surface area (Å²) in [6.45, 7) is 0.823. The van der Waals surface area contributed by atoms with E-state index in [0.717, 1.165) is 25.3 Å². The molecular weight excluding hydrogens is 281 g/mol. The summed E-state index contributed by atoms with van der Waals surface area (Å²) >= 11 is 0. The number of nitrogens with zero attached hydrogens (tertiary/aromatic N) is 1. The van der Waals surface area contributed by atoms with Crippen molar-refractivity contribution in [3.8, 4) is 0 Å². The fraction of sp³-hybridized carbons (Fsp3) is 0.533. The SMILES string of the molecule is NCCCN(C(=O)c1ccccc1C(F)(F)F)C1CCC1. The van der Waals surface area contributed by atoms with Crippen LogP contribution in [-0.2, 0) is 6.18 Å². The van der Waals surface area contributed by atoms with E-state index in [2.05, 4.69) is 0 Å². The van der Waals surface area contributed by atoms with E-state index in [4.69, 9.17) is 5.73 Å². The van der Waals surface area contributed by atoms with Crippen LogP contribution >= 0.6 is 0 Å². The maximum absolute atomic E-state index is 13.0. The number of carbonyl (C=O) groups excluding carboxylic acids is 1. The van der Waals surface area contributed by atoms with Gasteiger partial charge in [-0.15, -0.1) is 0 Å².